The molecule has 1 aromatic carbocycles. The van der Waals surface area contributed by atoms with E-state index in [1.54, 1.807) is 27.9 Å². The van der Waals surface area contributed by atoms with Crippen LogP contribution in [0, 0.1) is 5.82 Å². The van der Waals surface area contributed by atoms with Gasteiger partial charge in [0.25, 0.3) is 5.91 Å². The molecule has 1 fully saturated rings. The number of fused-ring (bicyclic) bond motifs is 1. The zero-order valence-corrected chi connectivity index (χ0v) is 20.6. The number of hydrogen-bond acceptors (Lipinski definition) is 8. The van der Waals surface area contributed by atoms with Gasteiger partial charge in [0.15, 0.2) is 15.5 Å². The molecule has 0 radical (unpaired) electrons. The molecule has 0 unspecified atom stereocenters. The van der Waals surface area contributed by atoms with Gasteiger partial charge in [-0.15, -0.1) is 0 Å². The smallest absolute Gasteiger partial charge is 0.257 e. The summed E-state index contributed by atoms with van der Waals surface area (Å²) in [5, 5.41) is 4.94. The molecule has 1 aliphatic rings. The number of benzene rings is 1. The number of sulfone groups is 1. The number of hydrogen-bond donors (Lipinski definition) is 0. The quantitative estimate of drug-likeness (QED) is 0.361. The van der Waals surface area contributed by atoms with E-state index in [2.05, 4.69) is 20.1 Å². The van der Waals surface area contributed by atoms with Gasteiger partial charge >= 0.3 is 0 Å². The third-order valence-electron chi connectivity index (χ3n) is 5.88. The van der Waals surface area contributed by atoms with Crippen molar-refractivity contribution in [1.29, 1.82) is 0 Å². The summed E-state index contributed by atoms with van der Waals surface area (Å²) in [5.74, 6) is -0.639. The van der Waals surface area contributed by atoms with Gasteiger partial charge in [-0.05, 0) is 30.3 Å². The van der Waals surface area contributed by atoms with Crippen LogP contribution in [0.5, 0.6) is 5.88 Å². The molecule has 1 saturated heterocycles. The molecule has 3 aromatic heterocycles. The molecule has 0 N–H and O–H groups in total. The summed E-state index contributed by atoms with van der Waals surface area (Å²) in [6, 6.07) is 7.42. The van der Waals surface area contributed by atoms with E-state index in [9.17, 15) is 17.6 Å². The number of pyridine rings is 1. The SMILES string of the molecule is CS(=O)(=O)c1ccc(-n2ncc3c(OC4CCN(C(=O)c5cc(F)cnc5Cl)CC4)ncnc32)cc1. The molecule has 36 heavy (non-hydrogen) atoms. The summed E-state index contributed by atoms with van der Waals surface area (Å²) < 4.78 is 44.7. The van der Waals surface area contributed by atoms with Gasteiger partial charge in [0.2, 0.25) is 5.88 Å². The van der Waals surface area contributed by atoms with Crippen LogP contribution in [0.2, 0.25) is 5.15 Å². The van der Waals surface area contributed by atoms with Crippen LogP contribution < -0.4 is 4.74 Å². The van der Waals surface area contributed by atoms with E-state index in [1.165, 1.54) is 18.5 Å². The van der Waals surface area contributed by atoms with E-state index in [4.69, 9.17) is 16.3 Å². The number of carbonyl (C=O) groups excluding carboxylic acids is 1. The second-order valence-corrected chi connectivity index (χ2v) is 10.7. The van der Waals surface area contributed by atoms with E-state index in [0.29, 0.717) is 48.5 Å². The second kappa shape index (κ2) is 9.43. The fourth-order valence-corrected chi connectivity index (χ4v) is 4.83. The Morgan fingerprint density at radius 1 is 1.11 bits per heavy atom. The van der Waals surface area contributed by atoms with Crippen LogP contribution in [0.15, 0.2) is 53.9 Å². The van der Waals surface area contributed by atoms with E-state index < -0.39 is 15.7 Å². The lowest BCUT2D eigenvalue weighted by Crippen LogP contribution is -2.42. The van der Waals surface area contributed by atoms with Crippen molar-refractivity contribution in [1.82, 2.24) is 29.6 Å². The standard InChI is InChI=1S/C23H20ClFN6O4S/c1-36(33,34)17-4-2-15(3-5-17)31-21-19(12-29-31)22(28-13-27-21)35-16-6-8-30(9-7-16)23(32)18-10-14(25)11-26-20(18)24/h2-5,10-13,16H,6-9H2,1H3. The minimum Gasteiger partial charge on any atom is -0.474 e. The predicted octanol–water partition coefficient (Wildman–Crippen LogP) is 3.09. The summed E-state index contributed by atoms with van der Waals surface area (Å²) in [6.45, 7) is 0.799. The number of carbonyl (C=O) groups is 1. The van der Waals surface area contributed by atoms with Gasteiger partial charge in [-0.3, -0.25) is 4.79 Å². The average Bonchev–Trinajstić information content (AvgIpc) is 3.30. The van der Waals surface area contributed by atoms with Crippen LogP contribution in [0.1, 0.15) is 23.2 Å². The highest BCUT2D eigenvalue weighted by Gasteiger charge is 2.27. The third-order valence-corrected chi connectivity index (χ3v) is 7.31. The largest absolute Gasteiger partial charge is 0.474 e. The van der Waals surface area contributed by atoms with Crippen molar-refractivity contribution in [2.45, 2.75) is 23.8 Å². The van der Waals surface area contributed by atoms with Gasteiger partial charge in [-0.25, -0.2) is 32.4 Å². The van der Waals surface area contributed by atoms with Crippen molar-refractivity contribution in [2.75, 3.05) is 19.3 Å². The number of piperidine rings is 1. The Balaban J connectivity index is 1.30. The molecule has 0 aliphatic carbocycles. The van der Waals surface area contributed by atoms with E-state index in [1.807, 2.05) is 0 Å². The van der Waals surface area contributed by atoms with Crippen molar-refractivity contribution in [3.63, 3.8) is 0 Å². The maximum absolute atomic E-state index is 13.5. The van der Waals surface area contributed by atoms with Gasteiger partial charge < -0.3 is 9.64 Å². The topological polar surface area (TPSA) is 120 Å². The number of aromatic nitrogens is 5. The summed E-state index contributed by atoms with van der Waals surface area (Å²) in [6.07, 6.45) is 5.96. The van der Waals surface area contributed by atoms with Crippen LogP contribution in [0.4, 0.5) is 4.39 Å². The summed E-state index contributed by atoms with van der Waals surface area (Å²) in [5.41, 5.74) is 1.18. The molecular weight excluding hydrogens is 511 g/mol. The molecule has 0 spiro atoms. The number of halogens is 2. The lowest BCUT2D eigenvalue weighted by Gasteiger charge is -2.32. The fraction of sp³-hybridized carbons (Fsp3) is 0.261. The molecule has 1 amide bonds. The van der Waals surface area contributed by atoms with Crippen LogP contribution in [-0.4, -0.2) is 69.4 Å². The monoisotopic (exact) mass is 530 g/mol. The highest BCUT2D eigenvalue weighted by Crippen LogP contribution is 2.27. The maximum atomic E-state index is 13.5. The third kappa shape index (κ3) is 4.73. The Morgan fingerprint density at radius 2 is 1.83 bits per heavy atom. The van der Waals surface area contributed by atoms with Crippen molar-refractivity contribution in [3.05, 3.63) is 65.6 Å². The minimum absolute atomic E-state index is 0.0329. The highest BCUT2D eigenvalue weighted by molar-refractivity contribution is 7.90. The Labute approximate surface area is 210 Å². The Bertz CT molecular complexity index is 1550. The molecular formula is C23H20ClFN6O4S. The Kier molecular flexibility index (Phi) is 6.31. The van der Waals surface area contributed by atoms with Crippen LogP contribution in [-0.2, 0) is 9.84 Å². The molecule has 4 aromatic rings. The zero-order valence-electron chi connectivity index (χ0n) is 19.0. The fourth-order valence-electron chi connectivity index (χ4n) is 4.02. The van der Waals surface area contributed by atoms with E-state index in [-0.39, 0.29) is 27.6 Å². The first-order chi connectivity index (χ1) is 17.2. The van der Waals surface area contributed by atoms with Gasteiger partial charge in [0.05, 0.1) is 28.5 Å². The lowest BCUT2D eigenvalue weighted by atomic mass is 10.1. The number of ether oxygens (including phenoxy) is 1. The predicted molar refractivity (Wildman–Crippen MR) is 129 cm³/mol. The molecule has 0 atom stereocenters. The molecule has 5 rings (SSSR count). The molecule has 4 heterocycles. The average molecular weight is 531 g/mol. The number of amides is 1. The lowest BCUT2D eigenvalue weighted by molar-refractivity contribution is 0.0590. The first-order valence-electron chi connectivity index (χ1n) is 11.0. The van der Waals surface area contributed by atoms with Gasteiger partial charge in [-0.1, -0.05) is 11.6 Å². The van der Waals surface area contributed by atoms with Crippen LogP contribution in [0.3, 0.4) is 0 Å². The Morgan fingerprint density at radius 3 is 2.53 bits per heavy atom. The first-order valence-corrected chi connectivity index (χ1v) is 13.2. The number of nitrogens with zero attached hydrogens (tertiary/aromatic N) is 6. The molecule has 0 saturated carbocycles. The van der Waals surface area contributed by atoms with Crippen molar-refractivity contribution >= 4 is 38.4 Å². The Hall–Kier alpha value is -3.64. The van der Waals surface area contributed by atoms with Crippen molar-refractivity contribution in [2.24, 2.45) is 0 Å². The highest BCUT2D eigenvalue weighted by atomic mass is 35.5. The first kappa shape index (κ1) is 24.1. The second-order valence-electron chi connectivity index (χ2n) is 8.34. The summed E-state index contributed by atoms with van der Waals surface area (Å²) in [4.78, 5) is 26.8. The minimum atomic E-state index is -3.31. The molecule has 10 nitrogen and oxygen atoms in total. The number of likely N-dealkylation sites (tertiary alicyclic amines) is 1. The van der Waals surface area contributed by atoms with Crippen molar-refractivity contribution in [3.8, 4) is 11.6 Å². The molecule has 13 heteroatoms. The summed E-state index contributed by atoms with van der Waals surface area (Å²) >= 11 is 5.98. The summed E-state index contributed by atoms with van der Waals surface area (Å²) in [7, 11) is -3.31. The van der Waals surface area contributed by atoms with Crippen LogP contribution in [0.25, 0.3) is 16.7 Å². The maximum Gasteiger partial charge on any atom is 0.257 e. The normalized spacial score (nSPS) is 14.8. The van der Waals surface area contributed by atoms with Gasteiger partial charge in [0, 0.05) is 32.2 Å². The molecule has 1 aliphatic heterocycles. The zero-order chi connectivity index (χ0) is 25.4. The molecule has 186 valence electrons. The molecule has 0 bridgehead atoms. The van der Waals surface area contributed by atoms with E-state index in [0.717, 1.165) is 18.5 Å². The van der Waals surface area contributed by atoms with E-state index >= 15 is 0 Å². The van der Waals surface area contributed by atoms with Gasteiger partial charge in [-0.2, -0.15) is 5.10 Å². The van der Waals surface area contributed by atoms with Gasteiger partial charge in [0.1, 0.15) is 28.8 Å². The van der Waals surface area contributed by atoms with Crippen LogP contribution >= 0.6 is 11.6 Å². The number of rotatable bonds is 5. The van der Waals surface area contributed by atoms with Crippen molar-refractivity contribution < 1.29 is 22.3 Å².